The van der Waals surface area contributed by atoms with Gasteiger partial charge in [0.15, 0.2) is 12.1 Å². The van der Waals surface area contributed by atoms with Gasteiger partial charge in [0, 0.05) is 12.3 Å². The molecule has 1 heterocycles. The van der Waals surface area contributed by atoms with Gasteiger partial charge in [-0.1, -0.05) is 13.3 Å². The molecule has 0 aliphatic rings. The van der Waals surface area contributed by atoms with Crippen LogP contribution in [0.5, 0.6) is 0 Å². The van der Waals surface area contributed by atoms with Crippen molar-refractivity contribution in [2.24, 2.45) is 0 Å². The second-order valence-electron chi connectivity index (χ2n) is 3.64. The first-order valence-electron chi connectivity index (χ1n) is 5.63. The van der Waals surface area contributed by atoms with Gasteiger partial charge in [0.25, 0.3) is 0 Å². The van der Waals surface area contributed by atoms with Gasteiger partial charge in [0.05, 0.1) is 0 Å². The fourth-order valence-electron chi connectivity index (χ4n) is 1.57. The van der Waals surface area contributed by atoms with E-state index < -0.39 is 0 Å². The highest BCUT2D eigenvalue weighted by atomic mass is 16.5. The molecule has 1 rings (SSSR count). The van der Waals surface area contributed by atoms with Crippen molar-refractivity contribution in [3.05, 3.63) is 23.3 Å². The summed E-state index contributed by atoms with van der Waals surface area (Å²) in [6.07, 6.45) is 2.51. The van der Waals surface area contributed by atoms with Gasteiger partial charge in [-0.25, -0.2) is 9.97 Å². The van der Waals surface area contributed by atoms with Crippen LogP contribution in [0.1, 0.15) is 54.8 Å². The van der Waals surface area contributed by atoms with E-state index in [2.05, 4.69) is 16.9 Å². The summed E-state index contributed by atoms with van der Waals surface area (Å²) in [4.78, 5) is 19.2. The number of nitrogens with zero attached hydrogens (tertiary/aromatic N) is 2. The van der Waals surface area contributed by atoms with Gasteiger partial charge in [-0.05, 0) is 26.3 Å². The third-order valence-electron chi connectivity index (χ3n) is 2.22. The molecule has 0 amide bonds. The minimum atomic E-state index is -0.103. The molecule has 16 heavy (non-hydrogen) atoms. The standard InChI is InChI=1S/C12H18N2O2/c1-4-6-11(16-5-2)12-13-9(3)7-10(8-15)14-12/h7-8,11H,4-6H2,1-3H3. The number of aldehydes is 1. The molecule has 1 aromatic rings. The number of aryl methyl sites for hydroxylation is 1. The molecule has 0 radical (unpaired) electrons. The van der Waals surface area contributed by atoms with Crippen molar-refractivity contribution in [2.45, 2.75) is 39.7 Å². The first-order chi connectivity index (χ1) is 7.71. The van der Waals surface area contributed by atoms with Crippen LogP contribution in [0.25, 0.3) is 0 Å². The lowest BCUT2D eigenvalue weighted by molar-refractivity contribution is 0.0491. The molecular weight excluding hydrogens is 204 g/mol. The van der Waals surface area contributed by atoms with Gasteiger partial charge < -0.3 is 4.74 Å². The maximum atomic E-state index is 10.7. The van der Waals surface area contributed by atoms with Crippen molar-refractivity contribution < 1.29 is 9.53 Å². The van der Waals surface area contributed by atoms with Crippen molar-refractivity contribution in [2.75, 3.05) is 6.61 Å². The highest BCUT2D eigenvalue weighted by Crippen LogP contribution is 2.19. The number of rotatable bonds is 6. The Bertz CT molecular complexity index is 347. The minimum Gasteiger partial charge on any atom is -0.371 e. The summed E-state index contributed by atoms with van der Waals surface area (Å²) >= 11 is 0. The molecule has 0 saturated carbocycles. The lowest BCUT2D eigenvalue weighted by Gasteiger charge is -2.15. The van der Waals surface area contributed by atoms with E-state index in [1.807, 2.05) is 13.8 Å². The lowest BCUT2D eigenvalue weighted by atomic mass is 10.2. The predicted octanol–water partition coefficient (Wildman–Crippen LogP) is 2.48. The van der Waals surface area contributed by atoms with Crippen LogP contribution in [0, 0.1) is 6.92 Å². The van der Waals surface area contributed by atoms with E-state index in [-0.39, 0.29) is 6.10 Å². The molecule has 1 atom stereocenters. The van der Waals surface area contributed by atoms with Gasteiger partial charge in [0.1, 0.15) is 11.8 Å². The van der Waals surface area contributed by atoms with Crippen LogP contribution in [-0.2, 0) is 4.74 Å². The molecule has 0 aromatic carbocycles. The Balaban J connectivity index is 2.97. The summed E-state index contributed by atoms with van der Waals surface area (Å²) in [6.45, 7) is 6.51. The number of hydrogen-bond donors (Lipinski definition) is 0. The van der Waals surface area contributed by atoms with Crippen LogP contribution >= 0.6 is 0 Å². The highest BCUT2D eigenvalue weighted by molar-refractivity contribution is 5.71. The molecule has 88 valence electrons. The first-order valence-corrected chi connectivity index (χ1v) is 5.63. The van der Waals surface area contributed by atoms with Crippen molar-refractivity contribution >= 4 is 6.29 Å². The maximum Gasteiger partial charge on any atom is 0.168 e. The molecule has 0 fully saturated rings. The van der Waals surface area contributed by atoms with Crippen LogP contribution in [-0.4, -0.2) is 22.9 Å². The second-order valence-corrected chi connectivity index (χ2v) is 3.64. The van der Waals surface area contributed by atoms with Crippen LogP contribution in [0.2, 0.25) is 0 Å². The SMILES string of the molecule is CCCC(OCC)c1nc(C)cc(C=O)n1. The average Bonchev–Trinajstić information content (AvgIpc) is 2.28. The molecule has 0 aliphatic carbocycles. The third-order valence-corrected chi connectivity index (χ3v) is 2.22. The van der Waals surface area contributed by atoms with Gasteiger partial charge in [0.2, 0.25) is 0 Å². The molecule has 0 bridgehead atoms. The number of ether oxygens (including phenoxy) is 1. The van der Waals surface area contributed by atoms with E-state index in [0.29, 0.717) is 18.1 Å². The van der Waals surface area contributed by atoms with E-state index in [9.17, 15) is 4.79 Å². The fourth-order valence-corrected chi connectivity index (χ4v) is 1.57. The molecule has 0 saturated heterocycles. The topological polar surface area (TPSA) is 52.1 Å². The number of aromatic nitrogens is 2. The van der Waals surface area contributed by atoms with Crippen molar-refractivity contribution in [1.82, 2.24) is 9.97 Å². The molecular formula is C12H18N2O2. The zero-order chi connectivity index (χ0) is 12.0. The summed E-state index contributed by atoms with van der Waals surface area (Å²) in [5, 5.41) is 0. The predicted molar refractivity (Wildman–Crippen MR) is 61.4 cm³/mol. The van der Waals surface area contributed by atoms with Gasteiger partial charge in [-0.3, -0.25) is 4.79 Å². The first kappa shape index (κ1) is 12.8. The Morgan fingerprint density at radius 2 is 2.19 bits per heavy atom. The number of hydrogen-bond acceptors (Lipinski definition) is 4. The average molecular weight is 222 g/mol. The fraction of sp³-hybridized carbons (Fsp3) is 0.583. The summed E-state index contributed by atoms with van der Waals surface area (Å²) < 4.78 is 5.58. The summed E-state index contributed by atoms with van der Waals surface area (Å²) in [5.74, 6) is 0.616. The molecule has 0 aliphatic heterocycles. The Labute approximate surface area is 96.1 Å². The molecule has 4 heteroatoms. The van der Waals surface area contributed by atoms with E-state index in [0.717, 1.165) is 24.8 Å². The van der Waals surface area contributed by atoms with Crippen LogP contribution in [0.3, 0.4) is 0 Å². The highest BCUT2D eigenvalue weighted by Gasteiger charge is 2.14. The second kappa shape index (κ2) is 6.33. The van der Waals surface area contributed by atoms with E-state index in [1.54, 1.807) is 6.07 Å². The largest absolute Gasteiger partial charge is 0.371 e. The summed E-state index contributed by atoms with van der Waals surface area (Å²) in [6, 6.07) is 1.67. The van der Waals surface area contributed by atoms with Crippen LogP contribution in [0.15, 0.2) is 6.07 Å². The van der Waals surface area contributed by atoms with E-state index in [4.69, 9.17) is 4.74 Å². The van der Waals surface area contributed by atoms with E-state index >= 15 is 0 Å². The molecule has 1 unspecified atom stereocenters. The quantitative estimate of drug-likeness (QED) is 0.694. The molecule has 1 aromatic heterocycles. The van der Waals surface area contributed by atoms with Crippen molar-refractivity contribution in [3.63, 3.8) is 0 Å². The van der Waals surface area contributed by atoms with Gasteiger partial charge >= 0.3 is 0 Å². The smallest absolute Gasteiger partial charge is 0.168 e. The molecule has 4 nitrogen and oxygen atoms in total. The monoisotopic (exact) mass is 222 g/mol. The number of carbonyl (C=O) groups is 1. The summed E-state index contributed by atoms with van der Waals surface area (Å²) in [5.41, 5.74) is 1.22. The Morgan fingerprint density at radius 1 is 1.44 bits per heavy atom. The molecule has 0 N–H and O–H groups in total. The van der Waals surface area contributed by atoms with Crippen LogP contribution < -0.4 is 0 Å². The van der Waals surface area contributed by atoms with Gasteiger partial charge in [-0.2, -0.15) is 0 Å². The number of carbonyl (C=O) groups excluding carboxylic acids is 1. The minimum absolute atomic E-state index is 0.103. The maximum absolute atomic E-state index is 10.7. The van der Waals surface area contributed by atoms with Crippen molar-refractivity contribution in [3.8, 4) is 0 Å². The Kier molecular flexibility index (Phi) is 5.05. The Morgan fingerprint density at radius 3 is 2.75 bits per heavy atom. The molecule has 0 spiro atoms. The van der Waals surface area contributed by atoms with E-state index in [1.165, 1.54) is 0 Å². The zero-order valence-corrected chi connectivity index (χ0v) is 10.1. The Hall–Kier alpha value is -1.29. The van der Waals surface area contributed by atoms with Gasteiger partial charge in [-0.15, -0.1) is 0 Å². The summed E-state index contributed by atoms with van der Waals surface area (Å²) in [7, 11) is 0. The lowest BCUT2D eigenvalue weighted by Crippen LogP contribution is -2.11. The zero-order valence-electron chi connectivity index (χ0n) is 10.1. The van der Waals surface area contributed by atoms with Crippen LogP contribution in [0.4, 0.5) is 0 Å². The normalized spacial score (nSPS) is 12.4. The van der Waals surface area contributed by atoms with Crippen molar-refractivity contribution in [1.29, 1.82) is 0 Å². The third kappa shape index (κ3) is 3.38.